The minimum atomic E-state index is -0.478. The predicted octanol–water partition coefficient (Wildman–Crippen LogP) is 1.98. The van der Waals surface area contributed by atoms with Gasteiger partial charge >= 0.3 is 0 Å². The zero-order valence-electron chi connectivity index (χ0n) is 7.25. The molecule has 0 spiro atoms. The van der Waals surface area contributed by atoms with Crippen molar-refractivity contribution in [2.24, 2.45) is 5.73 Å². The van der Waals surface area contributed by atoms with Gasteiger partial charge in [-0.25, -0.2) is 0 Å². The van der Waals surface area contributed by atoms with Gasteiger partial charge in [-0.3, -0.25) is 0 Å². The molecule has 0 saturated heterocycles. The van der Waals surface area contributed by atoms with Crippen LogP contribution in [0.2, 0.25) is 5.02 Å². The lowest BCUT2D eigenvalue weighted by Crippen LogP contribution is -2.08. The van der Waals surface area contributed by atoms with E-state index in [1.165, 1.54) is 0 Å². The summed E-state index contributed by atoms with van der Waals surface area (Å²) >= 11 is 5.80. The topological polar surface area (TPSA) is 35.2 Å². The number of rotatable bonds is 2. The van der Waals surface area contributed by atoms with E-state index in [-0.39, 0.29) is 0 Å². The van der Waals surface area contributed by atoms with Crippen LogP contribution in [-0.2, 0) is 0 Å². The molecule has 1 aromatic rings. The molecule has 0 heterocycles. The molecule has 0 radical (unpaired) electrons. The lowest BCUT2D eigenvalue weighted by molar-refractivity contribution is 0.408. The van der Waals surface area contributed by atoms with Gasteiger partial charge in [0.15, 0.2) is 0 Å². The standard InChI is InChI=1S/C10H10ClNO/c1-3-9(12)8-6-7(11)4-5-10(8)13-2/h1,4-6,9H,12H2,2H3. The summed E-state index contributed by atoms with van der Waals surface area (Å²) in [6, 6.07) is 4.71. The predicted molar refractivity (Wildman–Crippen MR) is 53.8 cm³/mol. The van der Waals surface area contributed by atoms with E-state index in [2.05, 4.69) is 5.92 Å². The summed E-state index contributed by atoms with van der Waals surface area (Å²) in [5, 5.41) is 0.599. The van der Waals surface area contributed by atoms with Crippen LogP contribution < -0.4 is 10.5 Å². The molecule has 0 aromatic heterocycles. The molecule has 0 aliphatic heterocycles. The third-order valence-electron chi connectivity index (χ3n) is 1.71. The molecule has 0 aliphatic carbocycles. The Morgan fingerprint density at radius 3 is 2.85 bits per heavy atom. The lowest BCUT2D eigenvalue weighted by Gasteiger charge is -2.10. The van der Waals surface area contributed by atoms with E-state index in [4.69, 9.17) is 28.5 Å². The molecule has 13 heavy (non-hydrogen) atoms. The van der Waals surface area contributed by atoms with Gasteiger partial charge in [0, 0.05) is 10.6 Å². The molecule has 1 unspecified atom stereocenters. The SMILES string of the molecule is C#CC(N)c1cc(Cl)ccc1OC. The summed E-state index contributed by atoms with van der Waals surface area (Å²) in [6.45, 7) is 0. The fourth-order valence-corrected chi connectivity index (χ4v) is 1.22. The number of nitrogens with two attached hydrogens (primary N) is 1. The molecule has 1 aromatic carbocycles. The summed E-state index contributed by atoms with van der Waals surface area (Å²) in [5.41, 5.74) is 6.40. The number of hydrogen-bond acceptors (Lipinski definition) is 2. The number of hydrogen-bond donors (Lipinski definition) is 1. The highest BCUT2D eigenvalue weighted by atomic mass is 35.5. The van der Waals surface area contributed by atoms with Gasteiger partial charge in [-0.2, -0.15) is 0 Å². The van der Waals surface area contributed by atoms with Crippen LogP contribution in [0.1, 0.15) is 11.6 Å². The Bertz CT molecular complexity index is 343. The number of halogens is 1. The Balaban J connectivity index is 3.17. The summed E-state index contributed by atoms with van der Waals surface area (Å²) < 4.78 is 5.09. The van der Waals surface area contributed by atoms with Crippen LogP contribution in [0.3, 0.4) is 0 Å². The summed E-state index contributed by atoms with van der Waals surface area (Å²) in [6.07, 6.45) is 5.20. The molecule has 0 amide bonds. The van der Waals surface area contributed by atoms with Crippen LogP contribution in [0.15, 0.2) is 18.2 Å². The van der Waals surface area contributed by atoms with Crippen molar-refractivity contribution in [1.29, 1.82) is 0 Å². The summed E-state index contributed by atoms with van der Waals surface area (Å²) in [7, 11) is 1.57. The maximum absolute atomic E-state index is 5.80. The van der Waals surface area contributed by atoms with Crippen LogP contribution in [0.5, 0.6) is 5.75 Å². The second-order valence-electron chi connectivity index (χ2n) is 2.53. The van der Waals surface area contributed by atoms with Crippen molar-refractivity contribution in [3.05, 3.63) is 28.8 Å². The maximum Gasteiger partial charge on any atom is 0.124 e. The van der Waals surface area contributed by atoms with E-state index < -0.39 is 6.04 Å². The smallest absolute Gasteiger partial charge is 0.124 e. The Labute approximate surface area is 82.6 Å². The Morgan fingerprint density at radius 2 is 2.31 bits per heavy atom. The molecule has 1 rings (SSSR count). The van der Waals surface area contributed by atoms with E-state index in [0.29, 0.717) is 10.8 Å². The average molecular weight is 196 g/mol. The Hall–Kier alpha value is -1.17. The first-order valence-electron chi connectivity index (χ1n) is 3.74. The Kier molecular flexibility index (Phi) is 3.18. The van der Waals surface area contributed by atoms with Crippen molar-refractivity contribution in [1.82, 2.24) is 0 Å². The van der Waals surface area contributed by atoms with Crippen molar-refractivity contribution in [3.8, 4) is 18.1 Å². The largest absolute Gasteiger partial charge is 0.496 e. The number of benzene rings is 1. The van der Waals surface area contributed by atoms with E-state index in [1.807, 2.05) is 0 Å². The molecular formula is C10H10ClNO. The molecule has 2 nitrogen and oxygen atoms in total. The number of methoxy groups -OCH3 is 1. The van der Waals surface area contributed by atoms with Crippen molar-refractivity contribution >= 4 is 11.6 Å². The minimum absolute atomic E-state index is 0.478. The molecular weight excluding hydrogens is 186 g/mol. The zero-order chi connectivity index (χ0) is 9.84. The quantitative estimate of drug-likeness (QED) is 0.733. The van der Waals surface area contributed by atoms with Gasteiger partial charge in [0.2, 0.25) is 0 Å². The van der Waals surface area contributed by atoms with Gasteiger partial charge in [-0.15, -0.1) is 6.42 Å². The van der Waals surface area contributed by atoms with Crippen molar-refractivity contribution in [2.45, 2.75) is 6.04 Å². The average Bonchev–Trinajstić information content (AvgIpc) is 2.16. The van der Waals surface area contributed by atoms with Gasteiger partial charge in [-0.05, 0) is 18.2 Å². The van der Waals surface area contributed by atoms with Crippen LogP contribution in [-0.4, -0.2) is 7.11 Å². The van der Waals surface area contributed by atoms with Crippen LogP contribution in [0.4, 0.5) is 0 Å². The van der Waals surface area contributed by atoms with Crippen molar-refractivity contribution in [3.63, 3.8) is 0 Å². The second-order valence-corrected chi connectivity index (χ2v) is 2.97. The van der Waals surface area contributed by atoms with Gasteiger partial charge in [0.05, 0.1) is 13.2 Å². The zero-order valence-corrected chi connectivity index (χ0v) is 8.01. The molecule has 0 fully saturated rings. The van der Waals surface area contributed by atoms with E-state index >= 15 is 0 Å². The Morgan fingerprint density at radius 1 is 1.62 bits per heavy atom. The molecule has 3 heteroatoms. The maximum atomic E-state index is 5.80. The van der Waals surface area contributed by atoms with Crippen LogP contribution in [0.25, 0.3) is 0 Å². The highest BCUT2D eigenvalue weighted by Gasteiger charge is 2.09. The van der Waals surface area contributed by atoms with Crippen molar-refractivity contribution < 1.29 is 4.74 Å². The number of ether oxygens (including phenoxy) is 1. The van der Waals surface area contributed by atoms with Crippen LogP contribution in [0, 0.1) is 12.3 Å². The summed E-state index contributed by atoms with van der Waals surface area (Å²) in [5.74, 6) is 3.08. The van der Waals surface area contributed by atoms with Gasteiger partial charge < -0.3 is 10.5 Å². The highest BCUT2D eigenvalue weighted by Crippen LogP contribution is 2.26. The fourth-order valence-electron chi connectivity index (χ4n) is 1.04. The monoisotopic (exact) mass is 195 g/mol. The molecule has 0 bridgehead atoms. The summed E-state index contributed by atoms with van der Waals surface area (Å²) in [4.78, 5) is 0. The first kappa shape index (κ1) is 9.91. The minimum Gasteiger partial charge on any atom is -0.496 e. The second kappa shape index (κ2) is 4.18. The van der Waals surface area contributed by atoms with Gasteiger partial charge in [-0.1, -0.05) is 17.5 Å². The first-order valence-corrected chi connectivity index (χ1v) is 4.12. The molecule has 0 aliphatic rings. The van der Waals surface area contributed by atoms with Crippen LogP contribution >= 0.6 is 11.6 Å². The van der Waals surface area contributed by atoms with Crippen molar-refractivity contribution in [2.75, 3.05) is 7.11 Å². The number of terminal acetylenes is 1. The normalized spacial score (nSPS) is 11.8. The molecule has 0 saturated carbocycles. The highest BCUT2D eigenvalue weighted by molar-refractivity contribution is 6.30. The third-order valence-corrected chi connectivity index (χ3v) is 1.94. The molecule has 68 valence electrons. The lowest BCUT2D eigenvalue weighted by atomic mass is 10.1. The van der Waals surface area contributed by atoms with E-state index in [1.54, 1.807) is 25.3 Å². The molecule has 2 N–H and O–H groups in total. The van der Waals surface area contributed by atoms with E-state index in [9.17, 15) is 0 Å². The molecule has 1 atom stereocenters. The van der Waals surface area contributed by atoms with Gasteiger partial charge in [0.25, 0.3) is 0 Å². The fraction of sp³-hybridized carbons (Fsp3) is 0.200. The first-order chi connectivity index (χ1) is 6.19. The van der Waals surface area contributed by atoms with Gasteiger partial charge in [0.1, 0.15) is 5.75 Å². The van der Waals surface area contributed by atoms with E-state index in [0.717, 1.165) is 5.56 Å². The third kappa shape index (κ3) is 2.15.